The van der Waals surface area contributed by atoms with Gasteiger partial charge in [-0.05, 0) is 36.8 Å². The van der Waals surface area contributed by atoms with Gasteiger partial charge in [-0.2, -0.15) is 0 Å². The highest BCUT2D eigenvalue weighted by molar-refractivity contribution is 5.17. The standard InChI is InChI=1S/C14H19F2N/c15-14(16)8-6-13(11-17,7-9-14)10-12-4-2-1-3-5-12/h1-5H,6-11,17H2. The minimum Gasteiger partial charge on any atom is -0.330 e. The molecule has 1 aromatic rings. The van der Waals surface area contributed by atoms with Gasteiger partial charge in [-0.25, -0.2) is 8.78 Å². The molecule has 0 saturated heterocycles. The molecular formula is C14H19F2N. The second-order valence-electron chi connectivity index (χ2n) is 5.22. The van der Waals surface area contributed by atoms with E-state index in [1.54, 1.807) is 0 Å². The van der Waals surface area contributed by atoms with Gasteiger partial charge in [0.25, 0.3) is 0 Å². The zero-order valence-corrected chi connectivity index (χ0v) is 9.96. The second-order valence-corrected chi connectivity index (χ2v) is 5.22. The van der Waals surface area contributed by atoms with E-state index >= 15 is 0 Å². The van der Waals surface area contributed by atoms with E-state index in [-0.39, 0.29) is 18.3 Å². The molecule has 0 atom stereocenters. The van der Waals surface area contributed by atoms with E-state index in [1.807, 2.05) is 30.3 Å². The summed E-state index contributed by atoms with van der Waals surface area (Å²) in [6.45, 7) is 0.498. The Kier molecular flexibility index (Phi) is 3.48. The molecule has 1 nitrogen and oxygen atoms in total. The van der Waals surface area contributed by atoms with Gasteiger partial charge in [-0.3, -0.25) is 0 Å². The van der Waals surface area contributed by atoms with Crippen molar-refractivity contribution in [3.8, 4) is 0 Å². The van der Waals surface area contributed by atoms with E-state index in [2.05, 4.69) is 0 Å². The smallest absolute Gasteiger partial charge is 0.248 e. The molecule has 0 bridgehead atoms. The van der Waals surface area contributed by atoms with Crippen LogP contribution < -0.4 is 5.73 Å². The predicted molar refractivity (Wildman–Crippen MR) is 65.0 cm³/mol. The van der Waals surface area contributed by atoms with Gasteiger partial charge in [-0.1, -0.05) is 30.3 Å². The van der Waals surface area contributed by atoms with Gasteiger partial charge in [0.15, 0.2) is 0 Å². The number of alkyl halides is 2. The van der Waals surface area contributed by atoms with Crippen molar-refractivity contribution in [2.24, 2.45) is 11.1 Å². The number of nitrogens with two attached hydrogens (primary N) is 1. The fraction of sp³-hybridized carbons (Fsp3) is 0.571. The highest BCUT2D eigenvalue weighted by atomic mass is 19.3. The van der Waals surface area contributed by atoms with Crippen molar-refractivity contribution in [2.45, 2.75) is 38.0 Å². The van der Waals surface area contributed by atoms with Crippen molar-refractivity contribution in [1.29, 1.82) is 0 Å². The molecule has 94 valence electrons. The number of hydrogen-bond acceptors (Lipinski definition) is 1. The van der Waals surface area contributed by atoms with E-state index in [0.29, 0.717) is 19.4 Å². The largest absolute Gasteiger partial charge is 0.330 e. The maximum atomic E-state index is 13.2. The summed E-state index contributed by atoms with van der Waals surface area (Å²) in [5.41, 5.74) is 6.91. The normalized spacial score (nSPS) is 22.3. The average Bonchev–Trinajstić information content (AvgIpc) is 2.34. The molecule has 0 aromatic heterocycles. The zero-order chi connectivity index (χ0) is 12.4. The molecule has 1 aromatic carbocycles. The molecule has 1 fully saturated rings. The van der Waals surface area contributed by atoms with E-state index in [4.69, 9.17) is 5.73 Å². The highest BCUT2D eigenvalue weighted by Crippen LogP contribution is 2.44. The molecule has 1 aliphatic carbocycles. The van der Waals surface area contributed by atoms with E-state index < -0.39 is 5.92 Å². The summed E-state index contributed by atoms with van der Waals surface area (Å²) in [6, 6.07) is 10.0. The lowest BCUT2D eigenvalue weighted by Crippen LogP contribution is -2.40. The molecule has 1 saturated carbocycles. The first-order chi connectivity index (χ1) is 8.05. The summed E-state index contributed by atoms with van der Waals surface area (Å²) < 4.78 is 26.4. The van der Waals surface area contributed by atoms with Gasteiger partial charge in [-0.15, -0.1) is 0 Å². The molecule has 1 aliphatic rings. The quantitative estimate of drug-likeness (QED) is 0.859. The fourth-order valence-electron chi connectivity index (χ4n) is 2.63. The summed E-state index contributed by atoms with van der Waals surface area (Å²) in [7, 11) is 0. The van der Waals surface area contributed by atoms with Gasteiger partial charge in [0.1, 0.15) is 0 Å². The molecule has 0 heterocycles. The first-order valence-electron chi connectivity index (χ1n) is 6.17. The van der Waals surface area contributed by atoms with Crippen molar-refractivity contribution in [1.82, 2.24) is 0 Å². The molecule has 2 rings (SSSR count). The summed E-state index contributed by atoms with van der Waals surface area (Å²) in [6.07, 6.45) is 1.85. The van der Waals surface area contributed by atoms with Crippen LogP contribution in [-0.4, -0.2) is 12.5 Å². The van der Waals surface area contributed by atoms with Gasteiger partial charge in [0.2, 0.25) is 5.92 Å². The molecule has 0 spiro atoms. The number of halogens is 2. The molecule has 0 amide bonds. The summed E-state index contributed by atoms with van der Waals surface area (Å²) in [5, 5.41) is 0. The lowest BCUT2D eigenvalue weighted by Gasteiger charge is -2.39. The van der Waals surface area contributed by atoms with Crippen LogP contribution in [-0.2, 0) is 6.42 Å². The van der Waals surface area contributed by atoms with Gasteiger partial charge in [0.05, 0.1) is 0 Å². The van der Waals surface area contributed by atoms with Crippen molar-refractivity contribution in [3.63, 3.8) is 0 Å². The Morgan fingerprint density at radius 3 is 2.12 bits per heavy atom. The Labute approximate surface area is 101 Å². The van der Waals surface area contributed by atoms with Crippen LogP contribution in [0.3, 0.4) is 0 Å². The third-order valence-electron chi connectivity index (χ3n) is 3.90. The molecule has 0 radical (unpaired) electrons. The van der Waals surface area contributed by atoms with Crippen molar-refractivity contribution < 1.29 is 8.78 Å². The molecule has 17 heavy (non-hydrogen) atoms. The van der Waals surface area contributed by atoms with E-state index in [9.17, 15) is 8.78 Å². The monoisotopic (exact) mass is 239 g/mol. The first-order valence-corrected chi connectivity index (χ1v) is 6.17. The molecule has 0 aliphatic heterocycles. The predicted octanol–water partition coefficient (Wildman–Crippen LogP) is 3.38. The number of benzene rings is 1. The molecule has 0 unspecified atom stereocenters. The van der Waals surface area contributed by atoms with Crippen molar-refractivity contribution in [3.05, 3.63) is 35.9 Å². The van der Waals surface area contributed by atoms with Gasteiger partial charge in [0, 0.05) is 12.8 Å². The van der Waals surface area contributed by atoms with Crippen LogP contribution in [0.5, 0.6) is 0 Å². The van der Waals surface area contributed by atoms with Crippen LogP contribution in [0.4, 0.5) is 8.78 Å². The minimum absolute atomic E-state index is 0.0168. The maximum absolute atomic E-state index is 13.2. The molecule has 3 heteroatoms. The van der Waals surface area contributed by atoms with Crippen LogP contribution in [0.2, 0.25) is 0 Å². The SMILES string of the molecule is NCC1(Cc2ccccc2)CCC(F)(F)CC1. The zero-order valence-electron chi connectivity index (χ0n) is 9.96. The number of hydrogen-bond donors (Lipinski definition) is 1. The Hall–Kier alpha value is -0.960. The van der Waals surface area contributed by atoms with Crippen LogP contribution >= 0.6 is 0 Å². The highest BCUT2D eigenvalue weighted by Gasteiger charge is 2.42. The minimum atomic E-state index is -2.48. The summed E-state index contributed by atoms with van der Waals surface area (Å²) in [4.78, 5) is 0. The van der Waals surface area contributed by atoms with Crippen LogP contribution in [0.15, 0.2) is 30.3 Å². The fourth-order valence-corrected chi connectivity index (χ4v) is 2.63. The lowest BCUT2D eigenvalue weighted by atomic mass is 9.69. The Morgan fingerprint density at radius 1 is 1.00 bits per heavy atom. The van der Waals surface area contributed by atoms with Crippen molar-refractivity contribution in [2.75, 3.05) is 6.54 Å². The third-order valence-corrected chi connectivity index (χ3v) is 3.90. The first kappa shape index (κ1) is 12.5. The Balaban J connectivity index is 2.06. The van der Waals surface area contributed by atoms with Crippen LogP contribution in [0.25, 0.3) is 0 Å². The summed E-state index contributed by atoms with van der Waals surface area (Å²) >= 11 is 0. The lowest BCUT2D eigenvalue weighted by molar-refractivity contribution is -0.0651. The average molecular weight is 239 g/mol. The maximum Gasteiger partial charge on any atom is 0.248 e. The Bertz CT molecular complexity index is 352. The van der Waals surface area contributed by atoms with E-state index in [1.165, 1.54) is 5.56 Å². The van der Waals surface area contributed by atoms with Crippen molar-refractivity contribution >= 4 is 0 Å². The Morgan fingerprint density at radius 2 is 1.59 bits per heavy atom. The van der Waals surface area contributed by atoms with Crippen LogP contribution in [0, 0.1) is 5.41 Å². The van der Waals surface area contributed by atoms with Crippen LogP contribution in [0.1, 0.15) is 31.2 Å². The third kappa shape index (κ3) is 3.03. The number of rotatable bonds is 3. The second kappa shape index (κ2) is 4.73. The molecular weight excluding hydrogens is 220 g/mol. The summed E-state index contributed by atoms with van der Waals surface area (Å²) in [5.74, 6) is -2.48. The molecule has 2 N–H and O–H groups in total. The van der Waals surface area contributed by atoms with Gasteiger partial charge >= 0.3 is 0 Å². The topological polar surface area (TPSA) is 26.0 Å². The van der Waals surface area contributed by atoms with Gasteiger partial charge < -0.3 is 5.73 Å². The van der Waals surface area contributed by atoms with E-state index in [0.717, 1.165) is 6.42 Å².